The minimum absolute atomic E-state index is 0.213. The van der Waals surface area contributed by atoms with Crippen molar-refractivity contribution in [2.45, 2.75) is 11.4 Å². The molecule has 1 heterocycles. The van der Waals surface area contributed by atoms with Gasteiger partial charge in [0.05, 0.1) is 7.11 Å². The Morgan fingerprint density at radius 2 is 1.86 bits per heavy atom. The largest absolute Gasteiger partial charge is 0.497 e. The lowest BCUT2D eigenvalue weighted by atomic mass is 9.87. The Morgan fingerprint density at radius 3 is 2.62 bits per heavy atom. The second kappa shape index (κ2) is 3.63. The van der Waals surface area contributed by atoms with Crippen LogP contribution in [-0.4, -0.2) is 23.1 Å². The zero-order valence-corrected chi connectivity index (χ0v) is 11.2. The molecule has 1 aliphatic carbocycles. The molecule has 5 heteroatoms. The number of Topliss-reactive ketones (excluding diaryl/α,β-unsaturated/α-hetero) is 1. The summed E-state index contributed by atoms with van der Waals surface area (Å²) in [5.74, 6) is -1.94. The molecule has 4 rings (SSSR count). The predicted molar refractivity (Wildman–Crippen MR) is 72.2 cm³/mol. The molecule has 0 saturated carbocycles. The topological polar surface area (TPSA) is 76.0 Å². The maximum Gasteiger partial charge on any atom is 0.276 e. The highest BCUT2D eigenvalue weighted by Crippen LogP contribution is 2.58. The summed E-state index contributed by atoms with van der Waals surface area (Å²) in [6, 6.07) is 11.2. The fourth-order valence-electron chi connectivity index (χ4n) is 3.12. The number of hydrogen-bond acceptors (Lipinski definition) is 5. The van der Waals surface area contributed by atoms with E-state index in [4.69, 9.17) is 9.47 Å². The first-order chi connectivity index (χ1) is 10.0. The molecule has 2 atom stereocenters. The number of hydrogen-bond donors (Lipinski definition) is 2. The predicted octanol–water partition coefficient (Wildman–Crippen LogP) is 1.32. The van der Waals surface area contributed by atoms with Crippen LogP contribution in [0.5, 0.6) is 11.5 Å². The first kappa shape index (κ1) is 12.4. The maximum atomic E-state index is 12.6. The summed E-state index contributed by atoms with van der Waals surface area (Å²) in [5.41, 5.74) is -1.41. The fraction of sp³-hybridized carbons (Fsp3) is 0.188. The average Bonchev–Trinajstić information content (AvgIpc) is 2.84. The first-order valence-corrected chi connectivity index (χ1v) is 6.49. The highest BCUT2D eigenvalue weighted by atomic mass is 16.7. The summed E-state index contributed by atoms with van der Waals surface area (Å²) < 4.78 is 10.7. The Morgan fingerprint density at radius 1 is 1.10 bits per heavy atom. The normalized spacial score (nSPS) is 28.6. The van der Waals surface area contributed by atoms with Gasteiger partial charge in [-0.2, -0.15) is 0 Å². The third kappa shape index (κ3) is 1.21. The van der Waals surface area contributed by atoms with Gasteiger partial charge in [-0.15, -0.1) is 0 Å². The molecule has 0 saturated heterocycles. The van der Waals surface area contributed by atoms with Gasteiger partial charge in [0, 0.05) is 16.7 Å². The molecule has 0 unspecified atom stereocenters. The Balaban J connectivity index is 2.02. The van der Waals surface area contributed by atoms with Crippen molar-refractivity contribution in [2.24, 2.45) is 0 Å². The van der Waals surface area contributed by atoms with Gasteiger partial charge in [-0.1, -0.05) is 24.3 Å². The van der Waals surface area contributed by atoms with E-state index in [-0.39, 0.29) is 22.4 Å². The minimum Gasteiger partial charge on any atom is -0.497 e. The van der Waals surface area contributed by atoms with Gasteiger partial charge in [0.15, 0.2) is 0 Å². The standard InChI is InChI=1S/C16H12O5/c1-20-9-6-7-13-12(8-9)15(18)14(17)10-4-2-3-5-11(10)16(15,19)21-13/h2-8,18-19H,1H3/t15-,16+/m1/s1. The molecule has 2 aliphatic rings. The molecule has 0 fully saturated rings. The van der Waals surface area contributed by atoms with Crippen molar-refractivity contribution in [3.05, 3.63) is 59.2 Å². The van der Waals surface area contributed by atoms with Gasteiger partial charge in [0.25, 0.3) is 5.79 Å². The number of methoxy groups -OCH3 is 1. The van der Waals surface area contributed by atoms with E-state index in [2.05, 4.69) is 0 Å². The zero-order valence-electron chi connectivity index (χ0n) is 11.2. The number of aliphatic hydroxyl groups is 2. The van der Waals surface area contributed by atoms with Gasteiger partial charge in [0.1, 0.15) is 11.5 Å². The van der Waals surface area contributed by atoms with Crippen LogP contribution in [0.3, 0.4) is 0 Å². The summed E-state index contributed by atoms with van der Waals surface area (Å²) in [4.78, 5) is 12.6. The van der Waals surface area contributed by atoms with Gasteiger partial charge in [-0.3, -0.25) is 4.79 Å². The van der Waals surface area contributed by atoms with Gasteiger partial charge in [-0.05, 0) is 18.2 Å². The first-order valence-electron chi connectivity index (χ1n) is 6.49. The van der Waals surface area contributed by atoms with E-state index >= 15 is 0 Å². The number of carbonyl (C=O) groups excluding carboxylic acids is 1. The number of ketones is 1. The number of benzene rings is 2. The summed E-state index contributed by atoms with van der Waals surface area (Å²) in [6.45, 7) is 0. The lowest BCUT2D eigenvalue weighted by molar-refractivity contribution is -0.224. The van der Waals surface area contributed by atoms with Crippen molar-refractivity contribution < 1.29 is 24.5 Å². The van der Waals surface area contributed by atoms with Crippen LogP contribution in [0.1, 0.15) is 21.5 Å². The van der Waals surface area contributed by atoms with Crippen LogP contribution in [0, 0.1) is 0 Å². The molecule has 2 aromatic carbocycles. The van der Waals surface area contributed by atoms with E-state index in [1.165, 1.54) is 13.2 Å². The molecule has 0 amide bonds. The smallest absolute Gasteiger partial charge is 0.276 e. The van der Waals surface area contributed by atoms with Crippen molar-refractivity contribution >= 4 is 5.78 Å². The van der Waals surface area contributed by atoms with Crippen molar-refractivity contribution in [1.29, 1.82) is 0 Å². The number of ether oxygens (including phenoxy) is 2. The molecule has 0 bridgehead atoms. The van der Waals surface area contributed by atoms with Crippen LogP contribution in [-0.2, 0) is 11.4 Å². The van der Waals surface area contributed by atoms with E-state index in [1.807, 2.05) is 0 Å². The van der Waals surface area contributed by atoms with Crippen LogP contribution in [0.4, 0.5) is 0 Å². The van der Waals surface area contributed by atoms with E-state index in [9.17, 15) is 15.0 Å². The highest BCUT2D eigenvalue weighted by Gasteiger charge is 2.70. The van der Waals surface area contributed by atoms with Gasteiger partial charge in [-0.25, -0.2) is 0 Å². The minimum atomic E-state index is -2.15. The quantitative estimate of drug-likeness (QED) is 0.826. The second-order valence-corrected chi connectivity index (χ2v) is 5.19. The molecular formula is C16H12O5. The molecular weight excluding hydrogens is 272 g/mol. The Bertz CT molecular complexity index is 784. The van der Waals surface area contributed by atoms with Gasteiger partial charge < -0.3 is 19.7 Å². The van der Waals surface area contributed by atoms with Gasteiger partial charge >= 0.3 is 0 Å². The molecule has 1 aliphatic heterocycles. The molecule has 0 aromatic heterocycles. The van der Waals surface area contributed by atoms with Crippen LogP contribution < -0.4 is 9.47 Å². The van der Waals surface area contributed by atoms with Crippen molar-refractivity contribution in [2.75, 3.05) is 7.11 Å². The number of rotatable bonds is 1. The van der Waals surface area contributed by atoms with Crippen LogP contribution in [0.2, 0.25) is 0 Å². The summed E-state index contributed by atoms with van der Waals surface area (Å²) in [5, 5.41) is 21.8. The number of carbonyl (C=O) groups is 1. The molecule has 0 radical (unpaired) electrons. The maximum absolute atomic E-state index is 12.6. The third-order valence-corrected chi connectivity index (χ3v) is 4.19. The van der Waals surface area contributed by atoms with Crippen LogP contribution in [0.25, 0.3) is 0 Å². The van der Waals surface area contributed by atoms with Crippen molar-refractivity contribution in [3.63, 3.8) is 0 Å². The lowest BCUT2D eigenvalue weighted by Crippen LogP contribution is -2.48. The van der Waals surface area contributed by atoms with Crippen LogP contribution >= 0.6 is 0 Å². The summed E-state index contributed by atoms with van der Waals surface area (Å²) >= 11 is 0. The zero-order chi connectivity index (χ0) is 14.8. The molecule has 0 spiro atoms. The Labute approximate surface area is 120 Å². The molecule has 5 nitrogen and oxygen atoms in total. The molecule has 2 N–H and O–H groups in total. The Hall–Kier alpha value is -2.37. The van der Waals surface area contributed by atoms with Crippen molar-refractivity contribution in [1.82, 2.24) is 0 Å². The second-order valence-electron chi connectivity index (χ2n) is 5.19. The van der Waals surface area contributed by atoms with E-state index in [0.29, 0.717) is 5.75 Å². The average molecular weight is 284 g/mol. The monoisotopic (exact) mass is 284 g/mol. The van der Waals surface area contributed by atoms with E-state index in [1.54, 1.807) is 36.4 Å². The van der Waals surface area contributed by atoms with E-state index < -0.39 is 17.2 Å². The molecule has 106 valence electrons. The lowest BCUT2D eigenvalue weighted by Gasteiger charge is -2.28. The van der Waals surface area contributed by atoms with Crippen LogP contribution in [0.15, 0.2) is 42.5 Å². The summed E-state index contributed by atoms with van der Waals surface area (Å²) in [6.07, 6.45) is 0. The SMILES string of the molecule is COc1ccc2c(c1)[C@@]1(O)C(=O)c3ccccc3[C@]1(O)O2. The Kier molecular flexibility index (Phi) is 2.14. The molecule has 2 aromatic rings. The summed E-state index contributed by atoms with van der Waals surface area (Å²) in [7, 11) is 1.49. The van der Waals surface area contributed by atoms with Crippen molar-refractivity contribution in [3.8, 4) is 11.5 Å². The van der Waals surface area contributed by atoms with Gasteiger partial charge in [0.2, 0.25) is 11.4 Å². The van der Waals surface area contributed by atoms with E-state index in [0.717, 1.165) is 0 Å². The number of fused-ring (bicyclic) bond motifs is 5. The molecule has 21 heavy (non-hydrogen) atoms. The third-order valence-electron chi connectivity index (χ3n) is 4.19. The fourth-order valence-corrected chi connectivity index (χ4v) is 3.12. The highest BCUT2D eigenvalue weighted by molar-refractivity contribution is 6.09.